The summed E-state index contributed by atoms with van der Waals surface area (Å²) in [5.74, 6) is 0.860. The number of piperidine rings is 1. The van der Waals surface area contributed by atoms with E-state index in [9.17, 15) is 22.0 Å². The summed E-state index contributed by atoms with van der Waals surface area (Å²) in [6.45, 7) is 0.389. The number of aromatic nitrogens is 4. The van der Waals surface area contributed by atoms with Crippen molar-refractivity contribution in [2.24, 2.45) is 17.6 Å². The first-order valence-corrected chi connectivity index (χ1v) is 16.2. The second-order valence-corrected chi connectivity index (χ2v) is 14.0. The fourth-order valence-electron chi connectivity index (χ4n) is 6.47. The zero-order chi connectivity index (χ0) is 30.4. The number of hydrogen-bond acceptors (Lipinski definition) is 7. The molecule has 2 atom stereocenters. The smallest absolute Gasteiger partial charge is 0.329 e. The first kappa shape index (κ1) is 28.0. The highest BCUT2D eigenvalue weighted by atomic mass is 32.2. The van der Waals surface area contributed by atoms with E-state index in [1.165, 1.54) is 6.07 Å². The Morgan fingerprint density at radius 2 is 1.98 bits per heavy atom. The number of sulfonamides is 1. The highest BCUT2D eigenvalue weighted by Crippen LogP contribution is 2.47. The molecule has 3 aliphatic rings. The minimum absolute atomic E-state index is 0.0261. The molecule has 2 N–H and O–H groups in total. The van der Waals surface area contributed by atoms with Gasteiger partial charge in [0.05, 0.1) is 24.8 Å². The molecule has 1 saturated heterocycles. The van der Waals surface area contributed by atoms with E-state index in [0.717, 1.165) is 37.6 Å². The molecule has 7 rings (SSSR count). The number of rotatable bonds is 8. The Morgan fingerprint density at radius 3 is 2.63 bits per heavy atom. The molecule has 228 valence electrons. The molecule has 5 heterocycles. The average Bonchev–Trinajstić information content (AvgIpc) is 3.83. The standard InChI is InChI=1S/C29H33F2N7O4S/c1-16-25(33-23-11-19(12-24(42-2)37(16)23)27(39)35-9-8-20-13-29(20,32)15-35)21-10-18-6-7-22(38(28(30)31)43(3,40)41)34-26(18)36(21)14-17-4-5-17/h6-7,10-12,17,20,28H,4-5,8-9,13-15,32H2,1-3H3/t20-,29+/m0/s1. The Morgan fingerprint density at radius 1 is 1.21 bits per heavy atom. The molecule has 14 heteroatoms. The largest absolute Gasteiger partial charge is 0.482 e. The number of halogens is 2. The van der Waals surface area contributed by atoms with Crippen LogP contribution in [0.1, 0.15) is 41.7 Å². The van der Waals surface area contributed by atoms with E-state index in [2.05, 4.69) is 4.98 Å². The van der Waals surface area contributed by atoms with E-state index in [0.29, 0.717) is 71.0 Å². The van der Waals surface area contributed by atoms with Gasteiger partial charge in [-0.1, -0.05) is 0 Å². The fourth-order valence-corrected chi connectivity index (χ4v) is 7.20. The average molecular weight is 614 g/mol. The second kappa shape index (κ2) is 9.61. The molecule has 4 aromatic heterocycles. The third kappa shape index (κ3) is 4.71. The molecule has 0 unspecified atom stereocenters. The SMILES string of the molecule is COc1cc(C(=O)N2CC[C@H]3C[C@@]3(N)C2)cc2nc(-c3cc4ccc(N(C(F)F)S(C)(=O)=O)nc4n3CC3CC3)c(C)n12. The van der Waals surface area contributed by atoms with Crippen LogP contribution in [0.3, 0.4) is 0 Å². The Bertz CT molecular complexity index is 1900. The summed E-state index contributed by atoms with van der Waals surface area (Å²) in [6, 6.07) is 8.23. The number of alkyl halides is 2. The number of hydrogen-bond donors (Lipinski definition) is 1. The topological polar surface area (TPSA) is 128 Å². The number of fused-ring (bicyclic) bond motifs is 3. The molecule has 0 spiro atoms. The lowest BCUT2D eigenvalue weighted by atomic mass is 10.1. The summed E-state index contributed by atoms with van der Waals surface area (Å²) in [5, 5.41) is 0.667. The fraction of sp³-hybridized carbons (Fsp3) is 0.483. The van der Waals surface area contributed by atoms with E-state index >= 15 is 0 Å². The van der Waals surface area contributed by atoms with Gasteiger partial charge in [0.2, 0.25) is 10.0 Å². The lowest BCUT2D eigenvalue weighted by molar-refractivity contribution is 0.0702. The number of carbonyl (C=O) groups excluding carboxylic acids is 1. The molecule has 0 radical (unpaired) electrons. The molecular weight excluding hydrogens is 580 g/mol. The number of methoxy groups -OCH3 is 1. The van der Waals surface area contributed by atoms with E-state index in [-0.39, 0.29) is 21.6 Å². The number of ether oxygens (including phenoxy) is 1. The number of aryl methyl sites for hydroxylation is 1. The normalized spacial score (nSPS) is 21.9. The van der Waals surface area contributed by atoms with Crippen molar-refractivity contribution in [3.63, 3.8) is 0 Å². The Labute approximate surface area is 247 Å². The van der Waals surface area contributed by atoms with Crippen LogP contribution in [-0.4, -0.2) is 76.7 Å². The van der Waals surface area contributed by atoms with E-state index < -0.39 is 16.6 Å². The Kier molecular flexibility index (Phi) is 6.26. The first-order chi connectivity index (χ1) is 20.4. The molecule has 0 bridgehead atoms. The molecule has 3 fully saturated rings. The number of carbonyl (C=O) groups is 1. The zero-order valence-corrected chi connectivity index (χ0v) is 24.9. The molecule has 4 aromatic rings. The van der Waals surface area contributed by atoms with Crippen LogP contribution in [0, 0.1) is 18.8 Å². The predicted octanol–water partition coefficient (Wildman–Crippen LogP) is 3.63. The zero-order valence-electron chi connectivity index (χ0n) is 24.1. The van der Waals surface area contributed by atoms with Gasteiger partial charge in [-0.15, -0.1) is 0 Å². The van der Waals surface area contributed by atoms with Crippen molar-refractivity contribution in [3.05, 3.63) is 41.6 Å². The third-order valence-corrected chi connectivity index (χ3v) is 10.1. The van der Waals surface area contributed by atoms with Crippen LogP contribution in [0.4, 0.5) is 14.6 Å². The molecule has 2 saturated carbocycles. The van der Waals surface area contributed by atoms with Gasteiger partial charge in [0, 0.05) is 42.2 Å². The van der Waals surface area contributed by atoms with E-state index in [4.69, 9.17) is 15.5 Å². The highest BCUT2D eigenvalue weighted by Gasteiger charge is 2.54. The van der Waals surface area contributed by atoms with Crippen molar-refractivity contribution in [3.8, 4) is 17.3 Å². The lowest BCUT2D eigenvalue weighted by Gasteiger charge is -2.30. The summed E-state index contributed by atoms with van der Waals surface area (Å²) < 4.78 is 61.4. The number of likely N-dealkylation sites (tertiary alicyclic amines) is 1. The number of amides is 1. The Balaban J connectivity index is 1.34. The van der Waals surface area contributed by atoms with Crippen LogP contribution >= 0.6 is 0 Å². The van der Waals surface area contributed by atoms with Crippen LogP contribution in [0.25, 0.3) is 28.1 Å². The van der Waals surface area contributed by atoms with Crippen LogP contribution < -0.4 is 14.8 Å². The number of nitrogens with zero attached hydrogens (tertiary/aromatic N) is 6. The summed E-state index contributed by atoms with van der Waals surface area (Å²) in [5.41, 5.74) is 9.62. The number of pyridine rings is 2. The molecule has 0 aromatic carbocycles. The molecule has 11 nitrogen and oxygen atoms in total. The van der Waals surface area contributed by atoms with Gasteiger partial charge >= 0.3 is 6.55 Å². The molecular formula is C29H33F2N7O4S. The number of imidazole rings is 1. The van der Waals surface area contributed by atoms with E-state index in [1.54, 1.807) is 30.2 Å². The summed E-state index contributed by atoms with van der Waals surface area (Å²) in [6.07, 6.45) is 4.62. The minimum atomic E-state index is -4.27. The molecule has 2 aliphatic carbocycles. The number of anilines is 1. The maximum atomic E-state index is 13.8. The molecule has 1 amide bonds. The van der Waals surface area contributed by atoms with Crippen LogP contribution in [-0.2, 0) is 16.6 Å². The molecule has 1 aliphatic heterocycles. The molecule has 43 heavy (non-hydrogen) atoms. The summed E-state index contributed by atoms with van der Waals surface area (Å²) in [7, 11) is -2.73. The first-order valence-electron chi connectivity index (χ1n) is 14.3. The van der Waals surface area contributed by atoms with E-state index in [1.807, 2.05) is 22.0 Å². The summed E-state index contributed by atoms with van der Waals surface area (Å²) in [4.78, 5) is 24.7. The predicted molar refractivity (Wildman–Crippen MR) is 157 cm³/mol. The van der Waals surface area contributed by atoms with Crippen molar-refractivity contribution < 1.29 is 26.7 Å². The van der Waals surface area contributed by atoms with Gasteiger partial charge < -0.3 is 19.9 Å². The van der Waals surface area contributed by atoms with Gasteiger partial charge in [-0.3, -0.25) is 9.20 Å². The van der Waals surface area contributed by atoms with Crippen molar-refractivity contribution >= 4 is 38.4 Å². The highest BCUT2D eigenvalue weighted by molar-refractivity contribution is 7.92. The van der Waals surface area contributed by atoms with Crippen LogP contribution in [0.5, 0.6) is 5.88 Å². The maximum Gasteiger partial charge on any atom is 0.329 e. The van der Waals surface area contributed by atoms with Crippen molar-refractivity contribution in [2.45, 2.75) is 51.2 Å². The van der Waals surface area contributed by atoms with Crippen molar-refractivity contribution in [2.75, 3.05) is 30.8 Å². The quantitative estimate of drug-likeness (QED) is 0.301. The number of nitrogens with two attached hydrogens (primary N) is 1. The maximum absolute atomic E-state index is 13.8. The van der Waals surface area contributed by atoms with Crippen molar-refractivity contribution in [1.82, 2.24) is 23.8 Å². The monoisotopic (exact) mass is 613 g/mol. The van der Waals surface area contributed by atoms with Gasteiger partial charge in [0.15, 0.2) is 5.88 Å². The van der Waals surface area contributed by atoms with Gasteiger partial charge in [0.25, 0.3) is 5.91 Å². The van der Waals surface area contributed by atoms with Gasteiger partial charge in [-0.05, 0) is 68.7 Å². The van der Waals surface area contributed by atoms with Gasteiger partial charge in [-0.2, -0.15) is 13.1 Å². The summed E-state index contributed by atoms with van der Waals surface area (Å²) >= 11 is 0. The van der Waals surface area contributed by atoms with Gasteiger partial charge in [-0.25, -0.2) is 18.4 Å². The lowest BCUT2D eigenvalue weighted by Crippen LogP contribution is -2.48. The van der Waals surface area contributed by atoms with Gasteiger partial charge in [0.1, 0.15) is 22.8 Å². The van der Waals surface area contributed by atoms with Crippen LogP contribution in [0.2, 0.25) is 0 Å². The Hall–Kier alpha value is -3.78. The minimum Gasteiger partial charge on any atom is -0.482 e. The van der Waals surface area contributed by atoms with Crippen molar-refractivity contribution in [1.29, 1.82) is 0 Å². The van der Waals surface area contributed by atoms with Crippen LogP contribution in [0.15, 0.2) is 30.3 Å². The second-order valence-electron chi connectivity index (χ2n) is 12.2. The third-order valence-electron chi connectivity index (χ3n) is 9.04.